The van der Waals surface area contributed by atoms with Crippen molar-refractivity contribution in [3.05, 3.63) is 23.2 Å². The molecular weight excluding hydrogens is 332 g/mol. The molecule has 3 N–H and O–H groups in total. The Hall–Kier alpha value is -1.99. The molecule has 3 amide bonds. The number of hydrogen-bond acceptors (Lipinski definition) is 4. The summed E-state index contributed by atoms with van der Waals surface area (Å²) in [5.74, 6) is -0.0203. The zero-order valence-corrected chi connectivity index (χ0v) is 14.1. The van der Waals surface area contributed by atoms with Crippen molar-refractivity contribution >= 4 is 34.9 Å². The third kappa shape index (κ3) is 4.30. The fourth-order valence-electron chi connectivity index (χ4n) is 2.87. The predicted octanol–water partition coefficient (Wildman–Crippen LogP) is 1.58. The Balaban J connectivity index is 1.55. The van der Waals surface area contributed by atoms with Crippen molar-refractivity contribution in [1.82, 2.24) is 10.6 Å². The van der Waals surface area contributed by atoms with Crippen molar-refractivity contribution < 1.29 is 14.3 Å². The summed E-state index contributed by atoms with van der Waals surface area (Å²) in [6.07, 6.45) is 2.12. The smallest absolute Gasteiger partial charge is 0.319 e. The number of ether oxygens (including phenoxy) is 1. The highest BCUT2D eigenvalue weighted by Gasteiger charge is 2.19. The number of piperazine rings is 1. The van der Waals surface area contributed by atoms with Crippen molar-refractivity contribution in [3.8, 4) is 0 Å². The van der Waals surface area contributed by atoms with Gasteiger partial charge in [0.1, 0.15) is 0 Å². The molecule has 0 aliphatic carbocycles. The number of anilines is 2. The number of hydrogen-bond donors (Lipinski definition) is 3. The van der Waals surface area contributed by atoms with E-state index in [9.17, 15) is 9.59 Å². The van der Waals surface area contributed by atoms with Crippen molar-refractivity contribution in [3.63, 3.8) is 0 Å². The fourth-order valence-corrected chi connectivity index (χ4v) is 3.17. The molecular formula is C16H21ClN4O3. The van der Waals surface area contributed by atoms with Crippen LogP contribution in [0.1, 0.15) is 12.8 Å². The number of carbonyl (C=O) groups is 2. The molecule has 1 unspecified atom stereocenters. The molecule has 0 aromatic heterocycles. The van der Waals surface area contributed by atoms with E-state index in [0.717, 1.165) is 25.1 Å². The maximum atomic E-state index is 11.9. The van der Waals surface area contributed by atoms with Crippen LogP contribution < -0.4 is 20.9 Å². The number of nitrogens with one attached hydrogen (secondary N) is 3. The number of amides is 3. The highest BCUT2D eigenvalue weighted by Crippen LogP contribution is 2.29. The molecule has 7 nitrogen and oxygen atoms in total. The molecule has 2 heterocycles. The van der Waals surface area contributed by atoms with Crippen molar-refractivity contribution in [2.45, 2.75) is 18.9 Å². The van der Waals surface area contributed by atoms with Crippen molar-refractivity contribution in [2.75, 3.05) is 43.0 Å². The van der Waals surface area contributed by atoms with E-state index in [0.29, 0.717) is 30.3 Å². The monoisotopic (exact) mass is 352 g/mol. The number of halogens is 1. The molecule has 0 spiro atoms. The second-order valence-electron chi connectivity index (χ2n) is 5.91. The van der Waals surface area contributed by atoms with Gasteiger partial charge in [0.15, 0.2) is 0 Å². The van der Waals surface area contributed by atoms with Gasteiger partial charge in [-0.25, -0.2) is 4.79 Å². The lowest BCUT2D eigenvalue weighted by atomic mass is 10.2. The maximum absolute atomic E-state index is 11.9. The molecule has 2 aliphatic heterocycles. The number of carbonyl (C=O) groups excluding carboxylic acids is 2. The van der Waals surface area contributed by atoms with E-state index < -0.39 is 0 Å². The maximum Gasteiger partial charge on any atom is 0.319 e. The summed E-state index contributed by atoms with van der Waals surface area (Å²) < 4.78 is 5.46. The quantitative estimate of drug-likeness (QED) is 0.768. The van der Waals surface area contributed by atoms with Crippen molar-refractivity contribution in [2.24, 2.45) is 0 Å². The molecule has 1 aromatic rings. The Morgan fingerprint density at radius 2 is 2.33 bits per heavy atom. The first-order chi connectivity index (χ1) is 11.6. The summed E-state index contributed by atoms with van der Waals surface area (Å²) in [4.78, 5) is 25.3. The van der Waals surface area contributed by atoms with Crippen LogP contribution in [0.25, 0.3) is 0 Å². The number of rotatable bonds is 4. The molecule has 3 rings (SSSR count). The molecule has 2 fully saturated rings. The minimum atomic E-state index is -0.285. The first kappa shape index (κ1) is 16.9. The van der Waals surface area contributed by atoms with Gasteiger partial charge in [-0.3, -0.25) is 4.79 Å². The highest BCUT2D eigenvalue weighted by atomic mass is 35.5. The lowest BCUT2D eigenvalue weighted by Gasteiger charge is -2.29. The van der Waals surface area contributed by atoms with E-state index in [-0.39, 0.29) is 24.6 Å². The third-order valence-electron chi connectivity index (χ3n) is 4.10. The lowest BCUT2D eigenvalue weighted by molar-refractivity contribution is -0.120. The summed E-state index contributed by atoms with van der Waals surface area (Å²) in [5.41, 5.74) is 1.40. The zero-order chi connectivity index (χ0) is 16.9. The van der Waals surface area contributed by atoms with E-state index in [1.807, 2.05) is 11.0 Å². The third-order valence-corrected chi connectivity index (χ3v) is 4.40. The van der Waals surface area contributed by atoms with E-state index in [4.69, 9.17) is 16.3 Å². The van der Waals surface area contributed by atoms with Crippen LogP contribution in [0.2, 0.25) is 5.02 Å². The summed E-state index contributed by atoms with van der Waals surface area (Å²) in [6.45, 7) is 2.86. The number of benzene rings is 1. The van der Waals surface area contributed by atoms with E-state index in [2.05, 4.69) is 16.0 Å². The molecule has 0 saturated carbocycles. The summed E-state index contributed by atoms with van der Waals surface area (Å²) >= 11 is 6.31. The second kappa shape index (κ2) is 7.72. The Morgan fingerprint density at radius 3 is 3.04 bits per heavy atom. The Labute approximate surface area is 145 Å². The minimum absolute atomic E-state index is 0.0203. The average molecular weight is 353 g/mol. The van der Waals surface area contributed by atoms with Crippen LogP contribution >= 0.6 is 11.6 Å². The van der Waals surface area contributed by atoms with Gasteiger partial charge in [0.2, 0.25) is 5.91 Å². The van der Waals surface area contributed by atoms with E-state index in [1.165, 1.54) is 0 Å². The summed E-state index contributed by atoms with van der Waals surface area (Å²) in [5, 5.41) is 8.83. The highest BCUT2D eigenvalue weighted by molar-refractivity contribution is 6.33. The Bertz CT molecular complexity index is 619. The lowest BCUT2D eigenvalue weighted by Crippen LogP contribution is -2.47. The first-order valence-corrected chi connectivity index (χ1v) is 8.47. The van der Waals surface area contributed by atoms with Crippen molar-refractivity contribution in [1.29, 1.82) is 0 Å². The molecule has 8 heteroatoms. The van der Waals surface area contributed by atoms with Gasteiger partial charge in [0, 0.05) is 31.9 Å². The molecule has 1 aromatic carbocycles. The molecule has 0 radical (unpaired) electrons. The topological polar surface area (TPSA) is 82.7 Å². The van der Waals surface area contributed by atoms with E-state index >= 15 is 0 Å². The van der Waals surface area contributed by atoms with Gasteiger partial charge < -0.3 is 25.6 Å². The molecule has 2 saturated heterocycles. The Kier molecular flexibility index (Phi) is 5.42. The second-order valence-corrected chi connectivity index (χ2v) is 6.31. The largest absolute Gasteiger partial charge is 0.376 e. The molecule has 130 valence electrons. The zero-order valence-electron chi connectivity index (χ0n) is 13.3. The predicted molar refractivity (Wildman–Crippen MR) is 92.7 cm³/mol. The number of nitrogens with zero attached hydrogens (tertiary/aromatic N) is 1. The van der Waals surface area contributed by atoms with Gasteiger partial charge in [-0.1, -0.05) is 11.6 Å². The molecule has 0 bridgehead atoms. The van der Waals surface area contributed by atoms with Crippen LogP contribution in [0.15, 0.2) is 18.2 Å². The molecule has 1 atom stereocenters. The summed E-state index contributed by atoms with van der Waals surface area (Å²) in [7, 11) is 0. The van der Waals surface area contributed by atoms with Gasteiger partial charge in [-0.2, -0.15) is 0 Å². The number of urea groups is 1. The van der Waals surface area contributed by atoms with Crippen LogP contribution in [0.5, 0.6) is 0 Å². The van der Waals surface area contributed by atoms with Crippen LogP contribution in [0.4, 0.5) is 16.2 Å². The van der Waals surface area contributed by atoms with Crippen LogP contribution in [0, 0.1) is 0 Å². The van der Waals surface area contributed by atoms with Crippen LogP contribution in [-0.2, 0) is 9.53 Å². The molecule has 2 aliphatic rings. The van der Waals surface area contributed by atoms with Gasteiger partial charge in [0.25, 0.3) is 0 Å². The average Bonchev–Trinajstić information content (AvgIpc) is 3.06. The fraction of sp³-hybridized carbons (Fsp3) is 0.500. The van der Waals surface area contributed by atoms with Gasteiger partial charge in [-0.05, 0) is 31.0 Å². The van der Waals surface area contributed by atoms with Gasteiger partial charge >= 0.3 is 6.03 Å². The minimum Gasteiger partial charge on any atom is -0.376 e. The summed E-state index contributed by atoms with van der Waals surface area (Å²) in [6, 6.07) is 5.00. The molecule has 24 heavy (non-hydrogen) atoms. The Morgan fingerprint density at radius 1 is 1.46 bits per heavy atom. The first-order valence-electron chi connectivity index (χ1n) is 8.09. The van der Waals surface area contributed by atoms with Gasteiger partial charge in [-0.15, -0.1) is 0 Å². The SMILES string of the molecule is O=C1CN(c2ccc(NC(=O)NCC3CCCO3)cc2Cl)CCN1. The van der Waals surface area contributed by atoms with Crippen LogP contribution in [-0.4, -0.2) is 50.8 Å². The van der Waals surface area contributed by atoms with Crippen LogP contribution in [0.3, 0.4) is 0 Å². The standard InChI is InChI=1S/C16H21ClN4O3/c17-13-8-11(20-16(23)19-9-12-2-1-7-24-12)3-4-14(13)21-6-5-18-15(22)10-21/h3-4,8,12H,1-2,5-7,9-10H2,(H,18,22)(H2,19,20,23). The normalized spacial score (nSPS) is 20.6. The van der Waals surface area contributed by atoms with Gasteiger partial charge in [0.05, 0.1) is 23.4 Å². The van der Waals surface area contributed by atoms with E-state index in [1.54, 1.807) is 12.1 Å².